The number of rotatable bonds is 3. The van der Waals surface area contributed by atoms with E-state index in [-0.39, 0.29) is 5.91 Å². The molecule has 2 heterocycles. The third kappa shape index (κ3) is 4.21. The highest BCUT2D eigenvalue weighted by Crippen LogP contribution is 2.34. The number of hydrogen-bond acceptors (Lipinski definition) is 4. The van der Waals surface area contributed by atoms with Crippen molar-refractivity contribution in [2.45, 2.75) is 13.0 Å². The molecule has 1 unspecified atom stereocenters. The van der Waals surface area contributed by atoms with Gasteiger partial charge in [0.25, 0.3) is 5.91 Å². The quantitative estimate of drug-likeness (QED) is 0.845. The van der Waals surface area contributed by atoms with Crippen LogP contribution in [-0.2, 0) is 4.79 Å². The zero-order chi connectivity index (χ0) is 20.4. The maximum atomic E-state index is 13.5. The van der Waals surface area contributed by atoms with Crippen LogP contribution in [0.25, 0.3) is 0 Å². The molecule has 0 spiro atoms. The summed E-state index contributed by atoms with van der Waals surface area (Å²) in [4.78, 5) is 22.6. The second kappa shape index (κ2) is 8.39. The van der Waals surface area contributed by atoms with E-state index in [1.165, 1.54) is 0 Å². The van der Waals surface area contributed by atoms with Crippen molar-refractivity contribution in [1.29, 1.82) is 0 Å². The van der Waals surface area contributed by atoms with Gasteiger partial charge in [0.1, 0.15) is 11.9 Å². The van der Waals surface area contributed by atoms with Crippen molar-refractivity contribution in [3.8, 4) is 0 Å². The van der Waals surface area contributed by atoms with Crippen LogP contribution in [0.3, 0.4) is 0 Å². The molecular weight excluding hydrogens is 384 g/mol. The Balaban J connectivity index is 1.73. The number of allylic oxidation sites excluding steroid dienone is 1. The molecule has 2 aromatic rings. The topological polar surface area (TPSA) is 47.9 Å². The summed E-state index contributed by atoms with van der Waals surface area (Å²) in [5.41, 5.74) is 3.44. The predicted octanol–water partition coefficient (Wildman–Crippen LogP) is 3.48. The molecule has 0 radical (unpaired) electrons. The Labute approximate surface area is 176 Å². The standard InChI is InChI=1S/C23H25ClN4O/c1-16-20(23(29)28-13-11-27(2)12-14-28)21(18-9-6-10-19(24)15-18)26-22(25-16)17-7-4-3-5-8-17/h3-10,15,21H,11-14H2,1-2H3,(H,25,26). The fraction of sp³-hybridized carbons (Fsp3) is 0.304. The summed E-state index contributed by atoms with van der Waals surface area (Å²) < 4.78 is 0. The normalized spacial score (nSPS) is 20.3. The van der Waals surface area contributed by atoms with Gasteiger partial charge in [0.15, 0.2) is 0 Å². The van der Waals surface area contributed by atoms with E-state index in [4.69, 9.17) is 16.6 Å². The number of aliphatic imine (C=N–C) groups is 1. The molecule has 0 saturated carbocycles. The van der Waals surface area contributed by atoms with Crippen molar-refractivity contribution in [3.05, 3.63) is 82.0 Å². The van der Waals surface area contributed by atoms with E-state index in [1.807, 2.05) is 66.4 Å². The highest BCUT2D eigenvalue weighted by atomic mass is 35.5. The highest BCUT2D eigenvalue weighted by molar-refractivity contribution is 6.30. The SMILES string of the molecule is CC1=C(C(=O)N2CCN(C)CC2)C(c2cccc(Cl)c2)N=C(c2ccccc2)N1. The Morgan fingerprint density at radius 3 is 2.48 bits per heavy atom. The van der Waals surface area contributed by atoms with Gasteiger partial charge in [-0.1, -0.05) is 54.1 Å². The van der Waals surface area contributed by atoms with Gasteiger partial charge >= 0.3 is 0 Å². The third-order valence-corrected chi connectivity index (χ3v) is 5.71. The molecule has 0 aliphatic carbocycles. The molecule has 6 heteroatoms. The Morgan fingerprint density at radius 1 is 1.07 bits per heavy atom. The van der Waals surface area contributed by atoms with Gasteiger partial charge in [-0.25, -0.2) is 0 Å². The molecule has 1 atom stereocenters. The molecule has 1 fully saturated rings. The summed E-state index contributed by atoms with van der Waals surface area (Å²) in [6.07, 6.45) is 0. The number of benzene rings is 2. The van der Waals surface area contributed by atoms with E-state index >= 15 is 0 Å². The summed E-state index contributed by atoms with van der Waals surface area (Å²) in [6.45, 7) is 5.17. The second-order valence-corrected chi connectivity index (χ2v) is 8.00. The molecular formula is C23H25ClN4O. The van der Waals surface area contributed by atoms with Crippen LogP contribution in [0.5, 0.6) is 0 Å². The summed E-state index contributed by atoms with van der Waals surface area (Å²) >= 11 is 6.26. The number of halogens is 1. The van der Waals surface area contributed by atoms with Gasteiger partial charge in [-0.2, -0.15) is 0 Å². The maximum Gasteiger partial charge on any atom is 0.254 e. The van der Waals surface area contributed by atoms with Crippen molar-refractivity contribution in [1.82, 2.24) is 15.1 Å². The average molecular weight is 409 g/mol. The number of carbonyl (C=O) groups excluding carboxylic acids is 1. The first-order valence-corrected chi connectivity index (χ1v) is 10.2. The zero-order valence-electron chi connectivity index (χ0n) is 16.7. The van der Waals surface area contributed by atoms with Crippen LogP contribution in [0, 0.1) is 0 Å². The number of piperazine rings is 1. The van der Waals surface area contributed by atoms with E-state index in [1.54, 1.807) is 0 Å². The van der Waals surface area contributed by atoms with Crippen molar-refractivity contribution < 1.29 is 4.79 Å². The van der Waals surface area contributed by atoms with Gasteiger partial charge in [0.2, 0.25) is 0 Å². The molecule has 29 heavy (non-hydrogen) atoms. The number of amidine groups is 1. The molecule has 1 amide bonds. The number of nitrogens with one attached hydrogen (secondary N) is 1. The van der Waals surface area contributed by atoms with Crippen LogP contribution in [0.4, 0.5) is 0 Å². The first-order chi connectivity index (χ1) is 14.0. The van der Waals surface area contributed by atoms with Gasteiger partial charge in [0, 0.05) is 42.5 Å². The number of nitrogens with zero attached hydrogens (tertiary/aromatic N) is 3. The Morgan fingerprint density at radius 2 is 1.79 bits per heavy atom. The van der Waals surface area contributed by atoms with Crippen LogP contribution in [0.1, 0.15) is 24.1 Å². The smallest absolute Gasteiger partial charge is 0.254 e. The maximum absolute atomic E-state index is 13.5. The highest BCUT2D eigenvalue weighted by Gasteiger charge is 2.33. The number of likely N-dealkylation sites (N-methyl/N-ethyl adjacent to an activating group) is 1. The van der Waals surface area contributed by atoms with Crippen molar-refractivity contribution in [3.63, 3.8) is 0 Å². The Hall–Kier alpha value is -2.63. The molecule has 2 aromatic carbocycles. The average Bonchev–Trinajstić information content (AvgIpc) is 2.74. The first kappa shape index (κ1) is 19.7. The van der Waals surface area contributed by atoms with Gasteiger partial charge in [0.05, 0.1) is 5.57 Å². The minimum Gasteiger partial charge on any atom is -0.343 e. The van der Waals surface area contributed by atoms with E-state index in [9.17, 15) is 4.79 Å². The first-order valence-electron chi connectivity index (χ1n) is 9.87. The van der Waals surface area contributed by atoms with Crippen molar-refractivity contribution >= 4 is 23.3 Å². The van der Waals surface area contributed by atoms with Crippen LogP contribution in [0.2, 0.25) is 5.02 Å². The van der Waals surface area contributed by atoms with Crippen LogP contribution in [0.15, 0.2) is 70.9 Å². The summed E-state index contributed by atoms with van der Waals surface area (Å²) in [6, 6.07) is 17.2. The second-order valence-electron chi connectivity index (χ2n) is 7.56. The fourth-order valence-electron chi connectivity index (χ4n) is 3.79. The number of carbonyl (C=O) groups is 1. The number of amides is 1. The van der Waals surface area contributed by atoms with E-state index in [0.717, 1.165) is 48.8 Å². The summed E-state index contributed by atoms with van der Waals surface area (Å²) in [5.74, 6) is 0.812. The molecule has 150 valence electrons. The van der Waals surface area contributed by atoms with E-state index in [2.05, 4.69) is 17.3 Å². The van der Waals surface area contributed by atoms with E-state index < -0.39 is 6.04 Å². The van der Waals surface area contributed by atoms with Gasteiger partial charge in [-0.05, 0) is 31.7 Å². The van der Waals surface area contributed by atoms with Gasteiger partial charge < -0.3 is 15.1 Å². The molecule has 0 aromatic heterocycles. The minimum absolute atomic E-state index is 0.0453. The molecule has 0 bridgehead atoms. The van der Waals surface area contributed by atoms with Gasteiger partial charge in [-0.15, -0.1) is 0 Å². The monoisotopic (exact) mass is 408 g/mol. The fourth-order valence-corrected chi connectivity index (χ4v) is 3.99. The largest absolute Gasteiger partial charge is 0.343 e. The van der Waals surface area contributed by atoms with Crippen LogP contribution in [-0.4, -0.2) is 54.8 Å². The lowest BCUT2D eigenvalue weighted by Gasteiger charge is -2.35. The molecule has 5 nitrogen and oxygen atoms in total. The Bertz CT molecular complexity index is 962. The lowest BCUT2D eigenvalue weighted by atomic mass is 9.94. The third-order valence-electron chi connectivity index (χ3n) is 5.47. The molecule has 4 rings (SSSR count). The van der Waals surface area contributed by atoms with Gasteiger partial charge in [-0.3, -0.25) is 9.79 Å². The van der Waals surface area contributed by atoms with E-state index in [0.29, 0.717) is 10.6 Å². The lowest BCUT2D eigenvalue weighted by molar-refractivity contribution is -0.129. The molecule has 2 aliphatic rings. The predicted molar refractivity (Wildman–Crippen MR) is 117 cm³/mol. The minimum atomic E-state index is -0.391. The summed E-state index contributed by atoms with van der Waals surface area (Å²) in [7, 11) is 2.08. The summed E-state index contributed by atoms with van der Waals surface area (Å²) in [5, 5.41) is 4.00. The molecule has 1 saturated heterocycles. The molecule has 2 aliphatic heterocycles. The van der Waals surface area contributed by atoms with Crippen molar-refractivity contribution in [2.24, 2.45) is 4.99 Å². The molecule has 1 N–H and O–H groups in total. The Kier molecular flexibility index (Phi) is 5.69. The zero-order valence-corrected chi connectivity index (χ0v) is 17.5. The van der Waals surface area contributed by atoms with Crippen LogP contribution >= 0.6 is 11.6 Å². The number of hydrogen-bond donors (Lipinski definition) is 1. The van der Waals surface area contributed by atoms with Crippen LogP contribution < -0.4 is 5.32 Å². The van der Waals surface area contributed by atoms with Crippen molar-refractivity contribution in [2.75, 3.05) is 33.2 Å². The lowest BCUT2D eigenvalue weighted by Crippen LogP contribution is -2.49.